The van der Waals surface area contributed by atoms with Gasteiger partial charge in [-0.3, -0.25) is 4.79 Å². The Morgan fingerprint density at radius 1 is 1.14 bits per heavy atom. The fraction of sp³-hybridized carbons (Fsp3) is 0.273. The molecule has 0 saturated carbocycles. The van der Waals surface area contributed by atoms with E-state index >= 15 is 0 Å². The third kappa shape index (κ3) is 4.32. The predicted octanol–water partition coefficient (Wildman–Crippen LogP) is 3.48. The van der Waals surface area contributed by atoms with Gasteiger partial charge in [0.1, 0.15) is 23.2 Å². The first-order chi connectivity index (χ1) is 13.6. The molecular formula is C22H22FN3O2. The summed E-state index contributed by atoms with van der Waals surface area (Å²) in [4.78, 5) is 16.4. The molecule has 2 aromatic rings. The van der Waals surface area contributed by atoms with E-state index in [-0.39, 0.29) is 17.3 Å². The lowest BCUT2D eigenvalue weighted by Crippen LogP contribution is -2.49. The minimum atomic E-state index is -0.318. The summed E-state index contributed by atoms with van der Waals surface area (Å²) in [6.07, 6.45) is 1.57. The van der Waals surface area contributed by atoms with Crippen LogP contribution < -0.4 is 9.64 Å². The molecular weight excluding hydrogens is 357 g/mol. The molecule has 1 fully saturated rings. The van der Waals surface area contributed by atoms with Crippen LogP contribution >= 0.6 is 0 Å². The molecule has 0 N–H and O–H groups in total. The Morgan fingerprint density at radius 3 is 2.50 bits per heavy atom. The number of halogens is 1. The molecule has 1 amide bonds. The van der Waals surface area contributed by atoms with Crippen LogP contribution in [0.3, 0.4) is 0 Å². The van der Waals surface area contributed by atoms with E-state index in [0.29, 0.717) is 49.8 Å². The number of piperazine rings is 1. The number of rotatable bonds is 5. The summed E-state index contributed by atoms with van der Waals surface area (Å²) < 4.78 is 19.5. The van der Waals surface area contributed by atoms with Crippen LogP contribution in [-0.2, 0) is 4.79 Å². The molecule has 28 heavy (non-hydrogen) atoms. The van der Waals surface area contributed by atoms with Crippen molar-refractivity contribution in [3.05, 3.63) is 65.5 Å². The van der Waals surface area contributed by atoms with Gasteiger partial charge in [-0.15, -0.1) is 0 Å². The van der Waals surface area contributed by atoms with E-state index in [9.17, 15) is 14.4 Å². The van der Waals surface area contributed by atoms with Crippen LogP contribution in [-0.4, -0.2) is 43.6 Å². The number of para-hydroxylation sites is 2. The minimum absolute atomic E-state index is 0.0616. The summed E-state index contributed by atoms with van der Waals surface area (Å²) in [5, 5.41) is 9.51. The smallest absolute Gasteiger partial charge is 0.264 e. The highest BCUT2D eigenvalue weighted by Crippen LogP contribution is 2.23. The van der Waals surface area contributed by atoms with Gasteiger partial charge in [0, 0.05) is 31.7 Å². The lowest BCUT2D eigenvalue weighted by atomic mass is 10.1. The van der Waals surface area contributed by atoms with Crippen LogP contribution in [0.25, 0.3) is 6.08 Å². The van der Waals surface area contributed by atoms with Crippen LogP contribution in [0.15, 0.2) is 54.1 Å². The number of carbonyl (C=O) groups excluding carboxylic acids is 1. The number of amides is 1. The second-order valence-corrected chi connectivity index (χ2v) is 6.37. The van der Waals surface area contributed by atoms with Gasteiger partial charge in [0.05, 0.1) is 12.3 Å². The van der Waals surface area contributed by atoms with Gasteiger partial charge >= 0.3 is 0 Å². The van der Waals surface area contributed by atoms with Gasteiger partial charge in [-0.1, -0.05) is 30.3 Å². The first-order valence-corrected chi connectivity index (χ1v) is 9.26. The second kappa shape index (κ2) is 9.05. The first kappa shape index (κ1) is 19.4. The van der Waals surface area contributed by atoms with Crippen molar-refractivity contribution < 1.29 is 13.9 Å². The molecule has 1 heterocycles. The summed E-state index contributed by atoms with van der Waals surface area (Å²) in [6.45, 7) is 4.27. The molecule has 3 rings (SSSR count). The van der Waals surface area contributed by atoms with Crippen LogP contribution in [0.1, 0.15) is 12.5 Å². The Balaban J connectivity index is 1.72. The predicted molar refractivity (Wildman–Crippen MR) is 106 cm³/mol. The van der Waals surface area contributed by atoms with Gasteiger partial charge in [0.25, 0.3) is 5.91 Å². The molecule has 6 heteroatoms. The van der Waals surface area contributed by atoms with E-state index in [0.717, 1.165) is 0 Å². The standard InChI is InChI=1S/C22H22FN3O2/c1-2-28-21-10-6-3-7-17(21)15-18(16-24)22(27)26-13-11-25(12-14-26)20-9-5-4-8-19(20)23/h3-10,15H,2,11-14H2,1H3/b18-15+. The van der Waals surface area contributed by atoms with Gasteiger partial charge in [-0.05, 0) is 31.2 Å². The highest BCUT2D eigenvalue weighted by molar-refractivity contribution is 6.02. The molecule has 5 nitrogen and oxygen atoms in total. The number of carbonyl (C=O) groups is 1. The van der Waals surface area contributed by atoms with Crippen LogP contribution in [0.4, 0.5) is 10.1 Å². The Labute approximate surface area is 164 Å². The molecule has 0 spiro atoms. The van der Waals surface area contributed by atoms with Gasteiger partial charge in [-0.25, -0.2) is 4.39 Å². The van der Waals surface area contributed by atoms with Crippen LogP contribution in [0, 0.1) is 17.1 Å². The van der Waals surface area contributed by atoms with Crippen molar-refractivity contribution in [2.24, 2.45) is 0 Å². The molecule has 0 unspecified atom stereocenters. The number of nitrogens with zero attached hydrogens (tertiary/aromatic N) is 3. The van der Waals surface area contributed by atoms with Crippen molar-refractivity contribution in [2.75, 3.05) is 37.7 Å². The maximum Gasteiger partial charge on any atom is 0.264 e. The number of anilines is 1. The second-order valence-electron chi connectivity index (χ2n) is 6.37. The summed E-state index contributed by atoms with van der Waals surface area (Å²) in [5.74, 6) is 0.0457. The highest BCUT2D eigenvalue weighted by atomic mass is 19.1. The Hall–Kier alpha value is -3.33. The van der Waals surface area contributed by atoms with E-state index in [2.05, 4.69) is 0 Å². The Bertz CT molecular complexity index is 912. The maximum atomic E-state index is 14.0. The SMILES string of the molecule is CCOc1ccccc1/C=C(\C#N)C(=O)N1CCN(c2ccccc2F)CC1. The normalized spacial score (nSPS) is 14.5. The third-order valence-electron chi connectivity index (χ3n) is 4.63. The Morgan fingerprint density at radius 2 is 1.82 bits per heavy atom. The average Bonchev–Trinajstić information content (AvgIpc) is 2.73. The zero-order valence-electron chi connectivity index (χ0n) is 15.8. The summed E-state index contributed by atoms with van der Waals surface area (Å²) in [6, 6.07) is 15.9. The molecule has 0 bridgehead atoms. The molecule has 0 radical (unpaired) electrons. The van der Waals surface area contributed by atoms with Crippen molar-refractivity contribution >= 4 is 17.7 Å². The van der Waals surface area contributed by atoms with Gasteiger partial charge in [-0.2, -0.15) is 5.26 Å². The number of hydrogen-bond acceptors (Lipinski definition) is 4. The third-order valence-corrected chi connectivity index (χ3v) is 4.63. The summed E-state index contributed by atoms with van der Waals surface area (Å²) >= 11 is 0. The molecule has 1 aliphatic rings. The lowest BCUT2D eigenvalue weighted by Gasteiger charge is -2.36. The summed E-state index contributed by atoms with van der Waals surface area (Å²) in [7, 11) is 0. The van der Waals surface area contributed by atoms with Crippen molar-refractivity contribution in [3.63, 3.8) is 0 Å². The summed E-state index contributed by atoms with van der Waals surface area (Å²) in [5.41, 5.74) is 1.29. The van der Waals surface area contributed by atoms with E-state index < -0.39 is 0 Å². The number of nitriles is 1. The van der Waals surface area contributed by atoms with E-state index in [4.69, 9.17) is 4.74 Å². The highest BCUT2D eigenvalue weighted by Gasteiger charge is 2.25. The molecule has 0 aliphatic carbocycles. The van der Waals surface area contributed by atoms with E-state index in [1.165, 1.54) is 6.07 Å². The molecule has 2 aromatic carbocycles. The van der Waals surface area contributed by atoms with Gasteiger partial charge in [0.2, 0.25) is 0 Å². The number of hydrogen-bond donors (Lipinski definition) is 0. The molecule has 144 valence electrons. The first-order valence-electron chi connectivity index (χ1n) is 9.26. The van der Waals surface area contributed by atoms with Crippen molar-refractivity contribution in [1.82, 2.24) is 4.90 Å². The largest absolute Gasteiger partial charge is 0.493 e. The molecule has 1 aliphatic heterocycles. The zero-order valence-corrected chi connectivity index (χ0v) is 15.8. The number of ether oxygens (including phenoxy) is 1. The lowest BCUT2D eigenvalue weighted by molar-refractivity contribution is -0.126. The molecule has 1 saturated heterocycles. The molecule has 0 atom stereocenters. The van der Waals surface area contributed by atoms with Crippen molar-refractivity contribution in [1.29, 1.82) is 5.26 Å². The van der Waals surface area contributed by atoms with Gasteiger partial charge < -0.3 is 14.5 Å². The zero-order chi connectivity index (χ0) is 19.9. The Kier molecular flexibility index (Phi) is 6.28. The fourth-order valence-electron chi connectivity index (χ4n) is 3.21. The topological polar surface area (TPSA) is 56.6 Å². The average molecular weight is 379 g/mol. The van der Waals surface area contributed by atoms with E-state index in [1.807, 2.05) is 42.2 Å². The maximum absolute atomic E-state index is 14.0. The van der Waals surface area contributed by atoms with Crippen molar-refractivity contribution in [3.8, 4) is 11.8 Å². The van der Waals surface area contributed by atoms with E-state index in [1.54, 1.807) is 29.2 Å². The molecule has 0 aromatic heterocycles. The monoisotopic (exact) mass is 379 g/mol. The van der Waals surface area contributed by atoms with Crippen molar-refractivity contribution in [2.45, 2.75) is 6.92 Å². The fourth-order valence-corrected chi connectivity index (χ4v) is 3.21. The van der Waals surface area contributed by atoms with Crippen LogP contribution in [0.2, 0.25) is 0 Å². The minimum Gasteiger partial charge on any atom is -0.493 e. The quantitative estimate of drug-likeness (QED) is 0.590. The number of benzene rings is 2. The van der Waals surface area contributed by atoms with Crippen LogP contribution in [0.5, 0.6) is 5.75 Å². The van der Waals surface area contributed by atoms with Gasteiger partial charge in [0.15, 0.2) is 0 Å².